The van der Waals surface area contributed by atoms with Crippen LogP contribution in [0.1, 0.15) is 50.7 Å². The van der Waals surface area contributed by atoms with Crippen molar-refractivity contribution in [3.8, 4) is 5.75 Å². The van der Waals surface area contributed by atoms with Crippen molar-refractivity contribution in [3.05, 3.63) is 59.7 Å². The summed E-state index contributed by atoms with van der Waals surface area (Å²) in [6.07, 6.45) is 1.74. The van der Waals surface area contributed by atoms with Gasteiger partial charge in [-0.3, -0.25) is 4.79 Å². The van der Waals surface area contributed by atoms with Crippen molar-refractivity contribution in [1.29, 1.82) is 0 Å². The molecule has 3 atom stereocenters. The van der Waals surface area contributed by atoms with Crippen LogP contribution in [0.15, 0.2) is 48.5 Å². The molecule has 2 aliphatic rings. The fourth-order valence-corrected chi connectivity index (χ4v) is 5.10. The van der Waals surface area contributed by atoms with Crippen molar-refractivity contribution in [3.63, 3.8) is 0 Å². The number of carbonyl (C=O) groups is 2. The number of aldehydes is 1. The third-order valence-corrected chi connectivity index (χ3v) is 6.97. The molecule has 0 radical (unpaired) electrons. The fourth-order valence-electron chi connectivity index (χ4n) is 5.10. The second-order valence-electron chi connectivity index (χ2n) is 9.36. The van der Waals surface area contributed by atoms with Crippen molar-refractivity contribution in [2.45, 2.75) is 50.7 Å². The Morgan fingerprint density at radius 1 is 1.17 bits per heavy atom. The standard InChI is InChI=1S/C25H29NO4/c1-23(2,3)24(14-15-27)16-20(17-10-12-18(29-5)13-11-17)25(30-24)19-8-6-7-9-21(19)26(4)22(25)28/h6-13,15,20H,14,16H2,1-5H3/t20-,24+,25+/m0/s1. The van der Waals surface area contributed by atoms with Crippen molar-refractivity contribution in [2.24, 2.45) is 5.41 Å². The van der Waals surface area contributed by atoms with E-state index >= 15 is 0 Å². The Labute approximate surface area is 178 Å². The highest BCUT2D eigenvalue weighted by molar-refractivity contribution is 6.07. The second-order valence-corrected chi connectivity index (χ2v) is 9.36. The van der Waals surface area contributed by atoms with E-state index in [1.54, 1.807) is 19.1 Å². The lowest BCUT2D eigenvalue weighted by Crippen LogP contribution is -2.48. The molecule has 0 aliphatic carbocycles. The van der Waals surface area contributed by atoms with E-state index in [-0.39, 0.29) is 23.7 Å². The van der Waals surface area contributed by atoms with Crippen LogP contribution in [0.4, 0.5) is 5.69 Å². The number of nitrogens with zero attached hydrogens (tertiary/aromatic N) is 1. The summed E-state index contributed by atoms with van der Waals surface area (Å²) < 4.78 is 12.2. The predicted octanol–water partition coefficient (Wildman–Crippen LogP) is 4.44. The SMILES string of the molecule is COc1ccc([C@@H]2C[C@](CC=O)(C(C)(C)C)O[C@@]23C(=O)N(C)c2ccccc23)cc1. The minimum absolute atomic E-state index is 0.0819. The molecule has 0 bridgehead atoms. The minimum atomic E-state index is -1.16. The molecule has 2 heterocycles. The molecular weight excluding hydrogens is 378 g/mol. The number of fused-ring (bicyclic) bond motifs is 2. The van der Waals surface area contributed by atoms with Gasteiger partial charge in [0.15, 0.2) is 5.60 Å². The van der Waals surface area contributed by atoms with Gasteiger partial charge in [0, 0.05) is 24.9 Å². The van der Waals surface area contributed by atoms with Crippen LogP contribution in [-0.2, 0) is 19.9 Å². The molecule has 2 aromatic carbocycles. The summed E-state index contributed by atoms with van der Waals surface area (Å²) in [6.45, 7) is 6.24. The average molecular weight is 408 g/mol. The Kier molecular flexibility index (Phi) is 4.77. The molecule has 1 spiro atoms. The fraction of sp³-hybridized carbons (Fsp3) is 0.440. The van der Waals surface area contributed by atoms with Crippen molar-refractivity contribution in [2.75, 3.05) is 19.1 Å². The van der Waals surface area contributed by atoms with Gasteiger partial charge in [0.2, 0.25) is 0 Å². The van der Waals surface area contributed by atoms with Crippen molar-refractivity contribution in [1.82, 2.24) is 0 Å². The summed E-state index contributed by atoms with van der Waals surface area (Å²) in [5.74, 6) is 0.458. The first-order valence-electron chi connectivity index (χ1n) is 10.4. The summed E-state index contributed by atoms with van der Waals surface area (Å²) in [7, 11) is 3.43. The van der Waals surface area contributed by atoms with E-state index in [1.165, 1.54) is 0 Å². The molecule has 0 saturated carbocycles. The molecule has 5 heteroatoms. The summed E-state index contributed by atoms with van der Waals surface area (Å²) in [6, 6.07) is 15.6. The first-order valence-corrected chi connectivity index (χ1v) is 10.4. The van der Waals surface area contributed by atoms with Crippen molar-refractivity contribution >= 4 is 17.9 Å². The Hall–Kier alpha value is -2.66. The topological polar surface area (TPSA) is 55.8 Å². The van der Waals surface area contributed by atoms with Crippen LogP contribution >= 0.6 is 0 Å². The summed E-state index contributed by atoms with van der Waals surface area (Å²) in [5.41, 5.74) is 0.487. The lowest BCUT2D eigenvalue weighted by molar-refractivity contribution is -0.175. The molecule has 1 saturated heterocycles. The maximum absolute atomic E-state index is 13.8. The molecule has 2 aromatic rings. The number of ether oxygens (including phenoxy) is 2. The number of anilines is 1. The number of hydrogen-bond donors (Lipinski definition) is 0. The zero-order valence-electron chi connectivity index (χ0n) is 18.3. The van der Waals surface area contributed by atoms with Gasteiger partial charge in [0.05, 0.1) is 18.4 Å². The quantitative estimate of drug-likeness (QED) is 0.703. The second kappa shape index (κ2) is 6.95. The number of rotatable bonds is 4. The third-order valence-electron chi connectivity index (χ3n) is 6.97. The normalized spacial score (nSPS) is 28.1. The van der Waals surface area contributed by atoms with Crippen LogP contribution < -0.4 is 9.64 Å². The maximum Gasteiger partial charge on any atom is 0.264 e. The van der Waals surface area contributed by atoms with E-state index in [9.17, 15) is 9.59 Å². The van der Waals surface area contributed by atoms with Gasteiger partial charge in [-0.05, 0) is 35.6 Å². The number of hydrogen-bond acceptors (Lipinski definition) is 4. The van der Waals surface area contributed by atoms with E-state index < -0.39 is 11.2 Å². The first kappa shape index (κ1) is 20.6. The lowest BCUT2D eigenvalue weighted by atomic mass is 9.69. The Balaban J connectivity index is 1.96. The molecule has 1 amide bonds. The minimum Gasteiger partial charge on any atom is -0.497 e. The number of methoxy groups -OCH3 is 1. The molecule has 30 heavy (non-hydrogen) atoms. The molecule has 0 unspecified atom stereocenters. The summed E-state index contributed by atoms with van der Waals surface area (Å²) in [5, 5.41) is 0. The zero-order valence-corrected chi connectivity index (χ0v) is 18.3. The van der Waals surface area contributed by atoms with E-state index in [4.69, 9.17) is 9.47 Å². The Morgan fingerprint density at radius 3 is 2.43 bits per heavy atom. The van der Waals surface area contributed by atoms with Crippen LogP contribution in [0.25, 0.3) is 0 Å². The molecule has 4 rings (SSSR count). The maximum atomic E-state index is 13.8. The Bertz CT molecular complexity index is 977. The molecule has 0 aromatic heterocycles. The molecule has 5 nitrogen and oxygen atoms in total. The number of likely N-dealkylation sites (N-methyl/N-ethyl adjacent to an activating group) is 1. The van der Waals surface area contributed by atoms with Gasteiger partial charge >= 0.3 is 0 Å². The van der Waals surface area contributed by atoms with Crippen LogP contribution in [-0.4, -0.2) is 32.0 Å². The number of carbonyl (C=O) groups excluding carboxylic acids is 2. The van der Waals surface area contributed by atoms with E-state index in [0.29, 0.717) is 6.42 Å². The first-order chi connectivity index (χ1) is 14.2. The predicted molar refractivity (Wildman–Crippen MR) is 116 cm³/mol. The monoisotopic (exact) mass is 407 g/mol. The van der Waals surface area contributed by atoms with Crippen molar-refractivity contribution < 1.29 is 19.1 Å². The van der Waals surface area contributed by atoms with Gasteiger partial charge in [0.25, 0.3) is 5.91 Å². The van der Waals surface area contributed by atoms with Crippen LogP contribution in [0, 0.1) is 5.41 Å². The highest BCUT2D eigenvalue weighted by Gasteiger charge is 2.67. The Morgan fingerprint density at radius 2 is 1.83 bits per heavy atom. The highest BCUT2D eigenvalue weighted by Crippen LogP contribution is 2.63. The van der Waals surface area contributed by atoms with Gasteiger partial charge in [-0.25, -0.2) is 0 Å². The zero-order chi connectivity index (χ0) is 21.7. The van der Waals surface area contributed by atoms with Gasteiger partial charge in [-0.1, -0.05) is 51.1 Å². The van der Waals surface area contributed by atoms with E-state index in [1.807, 2.05) is 48.5 Å². The van der Waals surface area contributed by atoms with Gasteiger partial charge in [0.1, 0.15) is 12.0 Å². The molecule has 158 valence electrons. The summed E-state index contributed by atoms with van der Waals surface area (Å²) >= 11 is 0. The van der Waals surface area contributed by atoms with Gasteiger partial charge in [-0.2, -0.15) is 0 Å². The highest BCUT2D eigenvalue weighted by atomic mass is 16.5. The molecule has 0 N–H and O–H groups in total. The largest absolute Gasteiger partial charge is 0.497 e. The van der Waals surface area contributed by atoms with Crippen LogP contribution in [0.3, 0.4) is 0 Å². The molecular formula is C25H29NO4. The van der Waals surface area contributed by atoms with Gasteiger partial charge in [-0.15, -0.1) is 0 Å². The van der Waals surface area contributed by atoms with Crippen LogP contribution in [0.2, 0.25) is 0 Å². The number of para-hydroxylation sites is 1. The van der Waals surface area contributed by atoms with Gasteiger partial charge < -0.3 is 19.2 Å². The molecule has 2 aliphatic heterocycles. The van der Waals surface area contributed by atoms with E-state index in [2.05, 4.69) is 20.8 Å². The van der Waals surface area contributed by atoms with E-state index in [0.717, 1.165) is 28.8 Å². The number of benzene rings is 2. The lowest BCUT2D eigenvalue weighted by Gasteiger charge is -2.41. The molecule has 1 fully saturated rings. The summed E-state index contributed by atoms with van der Waals surface area (Å²) in [4.78, 5) is 27.2. The smallest absolute Gasteiger partial charge is 0.264 e. The number of amides is 1. The average Bonchev–Trinajstić information content (AvgIpc) is 3.19. The third kappa shape index (κ3) is 2.72. The van der Waals surface area contributed by atoms with Crippen LogP contribution in [0.5, 0.6) is 5.75 Å².